The molecule has 0 fully saturated rings. The lowest BCUT2D eigenvalue weighted by Gasteiger charge is -2.07. The molecule has 0 unspecified atom stereocenters. The van der Waals surface area contributed by atoms with Crippen LogP contribution in [0.5, 0.6) is 0 Å². The van der Waals surface area contributed by atoms with E-state index in [0.29, 0.717) is 11.5 Å². The number of nitrogens with zero attached hydrogens (tertiary/aromatic N) is 4. The van der Waals surface area contributed by atoms with E-state index in [0.717, 1.165) is 29.8 Å². The molecule has 4 aromatic rings. The smallest absolute Gasteiger partial charge is 0.165 e. The summed E-state index contributed by atoms with van der Waals surface area (Å²) in [5, 5.41) is 3.27. The third-order valence-corrected chi connectivity index (χ3v) is 4.03. The number of aromatic nitrogens is 4. The minimum Gasteiger partial charge on any atom is -0.399 e. The van der Waals surface area contributed by atoms with E-state index in [2.05, 4.69) is 49.1 Å². The van der Waals surface area contributed by atoms with Gasteiger partial charge < -0.3 is 15.6 Å². The molecule has 0 saturated carbocycles. The third-order valence-electron chi connectivity index (χ3n) is 4.03. The Morgan fingerprint density at radius 2 is 1.84 bits per heavy atom. The van der Waals surface area contributed by atoms with Gasteiger partial charge in [0, 0.05) is 17.9 Å². The van der Waals surface area contributed by atoms with Crippen LogP contribution in [0.4, 0.5) is 17.2 Å². The molecule has 2 aromatic carbocycles. The molecule has 0 radical (unpaired) electrons. The first-order chi connectivity index (χ1) is 12.3. The Labute approximate surface area is 145 Å². The molecule has 2 aromatic heterocycles. The van der Waals surface area contributed by atoms with Crippen molar-refractivity contribution >= 4 is 28.4 Å². The molecule has 0 aliphatic rings. The van der Waals surface area contributed by atoms with E-state index in [1.54, 1.807) is 6.33 Å². The van der Waals surface area contributed by atoms with Gasteiger partial charge in [-0.3, -0.25) is 0 Å². The van der Waals surface area contributed by atoms with Crippen molar-refractivity contribution in [3.05, 3.63) is 72.8 Å². The quantitative estimate of drug-likeness (QED) is 0.548. The Morgan fingerprint density at radius 1 is 0.960 bits per heavy atom. The van der Waals surface area contributed by atoms with Crippen LogP contribution >= 0.6 is 0 Å². The molecule has 6 nitrogen and oxygen atoms in total. The van der Waals surface area contributed by atoms with E-state index in [4.69, 9.17) is 5.73 Å². The molecule has 0 atom stereocenters. The fourth-order valence-corrected chi connectivity index (χ4v) is 2.78. The van der Waals surface area contributed by atoms with Crippen LogP contribution in [-0.2, 0) is 13.0 Å². The molecule has 0 spiro atoms. The molecule has 0 bridgehead atoms. The molecule has 3 N–H and O–H groups in total. The normalized spacial score (nSPS) is 10.9. The first-order valence-electron chi connectivity index (χ1n) is 8.12. The zero-order valence-corrected chi connectivity index (χ0v) is 13.6. The number of imidazole rings is 1. The van der Waals surface area contributed by atoms with Crippen molar-refractivity contribution in [2.75, 3.05) is 11.1 Å². The third kappa shape index (κ3) is 3.28. The lowest BCUT2D eigenvalue weighted by molar-refractivity contribution is 0.709. The van der Waals surface area contributed by atoms with Crippen LogP contribution in [0.15, 0.2) is 67.3 Å². The largest absolute Gasteiger partial charge is 0.399 e. The Kier molecular flexibility index (Phi) is 4.00. The first kappa shape index (κ1) is 15.1. The van der Waals surface area contributed by atoms with E-state index in [1.165, 1.54) is 5.56 Å². The number of hydrogen-bond acceptors (Lipinski definition) is 5. The van der Waals surface area contributed by atoms with Crippen LogP contribution in [0.3, 0.4) is 0 Å². The van der Waals surface area contributed by atoms with Crippen molar-refractivity contribution in [1.82, 2.24) is 19.5 Å². The van der Waals surface area contributed by atoms with Crippen LogP contribution in [-0.4, -0.2) is 19.5 Å². The van der Waals surface area contributed by atoms with Gasteiger partial charge in [0.15, 0.2) is 17.0 Å². The number of benzene rings is 2. The highest BCUT2D eigenvalue weighted by Crippen LogP contribution is 2.23. The maximum absolute atomic E-state index is 5.83. The van der Waals surface area contributed by atoms with Gasteiger partial charge in [-0.1, -0.05) is 36.4 Å². The van der Waals surface area contributed by atoms with Gasteiger partial charge in [0.25, 0.3) is 0 Å². The molecular formula is C19H18N6. The number of nitrogen functional groups attached to an aromatic ring is 1. The molecular weight excluding hydrogens is 312 g/mol. The number of nitrogens with two attached hydrogens (primary N) is 1. The predicted octanol–water partition coefficient (Wildman–Crippen LogP) is 3.39. The molecule has 124 valence electrons. The standard InChI is InChI=1S/C19H18N6/c20-15-7-4-8-16(11-15)24-18-17-19(22-12-21-18)25(13-23-17)10-9-14-5-2-1-3-6-14/h1-8,11-13H,9-10,20H2,(H,21,22,24). The second-order valence-corrected chi connectivity index (χ2v) is 5.82. The topological polar surface area (TPSA) is 81.7 Å². The highest BCUT2D eigenvalue weighted by Gasteiger charge is 2.10. The average Bonchev–Trinajstić information content (AvgIpc) is 3.05. The van der Waals surface area contributed by atoms with Crippen molar-refractivity contribution in [3.8, 4) is 0 Å². The second kappa shape index (κ2) is 6.60. The molecule has 0 aliphatic carbocycles. The molecule has 0 aliphatic heterocycles. The summed E-state index contributed by atoms with van der Waals surface area (Å²) in [4.78, 5) is 13.2. The first-order valence-corrected chi connectivity index (χ1v) is 8.12. The summed E-state index contributed by atoms with van der Waals surface area (Å²) in [5.74, 6) is 0.675. The van der Waals surface area contributed by atoms with E-state index < -0.39 is 0 Å². The molecule has 2 heterocycles. The van der Waals surface area contributed by atoms with E-state index >= 15 is 0 Å². The minimum absolute atomic E-state index is 0.675. The second-order valence-electron chi connectivity index (χ2n) is 5.82. The monoisotopic (exact) mass is 330 g/mol. The zero-order valence-electron chi connectivity index (χ0n) is 13.6. The molecule has 0 amide bonds. The Morgan fingerprint density at radius 3 is 2.68 bits per heavy atom. The number of hydrogen-bond donors (Lipinski definition) is 2. The average molecular weight is 330 g/mol. The minimum atomic E-state index is 0.675. The summed E-state index contributed by atoms with van der Waals surface area (Å²) in [6, 6.07) is 17.9. The summed E-state index contributed by atoms with van der Waals surface area (Å²) in [6.45, 7) is 0.815. The number of fused-ring (bicyclic) bond motifs is 1. The molecule has 6 heteroatoms. The van der Waals surface area contributed by atoms with Gasteiger partial charge >= 0.3 is 0 Å². The SMILES string of the molecule is Nc1cccc(Nc2ncnc3c2ncn3CCc2ccccc2)c1. The molecule has 0 saturated heterocycles. The molecule has 25 heavy (non-hydrogen) atoms. The van der Waals surface area contributed by atoms with Crippen LogP contribution in [0.2, 0.25) is 0 Å². The maximum atomic E-state index is 5.83. The summed E-state index contributed by atoms with van der Waals surface area (Å²) in [6.07, 6.45) is 4.29. The maximum Gasteiger partial charge on any atom is 0.165 e. The number of nitrogens with one attached hydrogen (secondary N) is 1. The van der Waals surface area contributed by atoms with Gasteiger partial charge in [-0.25, -0.2) is 15.0 Å². The van der Waals surface area contributed by atoms with E-state index in [9.17, 15) is 0 Å². The van der Waals surface area contributed by atoms with Crippen LogP contribution < -0.4 is 11.1 Å². The van der Waals surface area contributed by atoms with Crippen molar-refractivity contribution < 1.29 is 0 Å². The molecule has 4 rings (SSSR count). The lowest BCUT2D eigenvalue weighted by Crippen LogP contribution is -2.02. The van der Waals surface area contributed by atoms with Gasteiger partial charge in [0.2, 0.25) is 0 Å². The summed E-state index contributed by atoms with van der Waals surface area (Å²) in [5.41, 5.74) is 10.3. The number of rotatable bonds is 5. The van der Waals surface area contributed by atoms with Gasteiger partial charge in [0.05, 0.1) is 6.33 Å². The fraction of sp³-hybridized carbons (Fsp3) is 0.105. The van der Waals surface area contributed by atoms with Gasteiger partial charge in [-0.05, 0) is 30.2 Å². The zero-order chi connectivity index (χ0) is 17.1. The van der Waals surface area contributed by atoms with Gasteiger partial charge in [0.1, 0.15) is 6.33 Å². The lowest BCUT2D eigenvalue weighted by atomic mass is 10.1. The van der Waals surface area contributed by atoms with Crippen molar-refractivity contribution in [1.29, 1.82) is 0 Å². The highest BCUT2D eigenvalue weighted by atomic mass is 15.1. The van der Waals surface area contributed by atoms with Crippen LogP contribution in [0.25, 0.3) is 11.2 Å². The highest BCUT2D eigenvalue weighted by molar-refractivity contribution is 5.85. The van der Waals surface area contributed by atoms with Crippen molar-refractivity contribution in [2.24, 2.45) is 0 Å². The Hall–Kier alpha value is -3.41. The predicted molar refractivity (Wildman–Crippen MR) is 99.6 cm³/mol. The van der Waals surface area contributed by atoms with Crippen molar-refractivity contribution in [2.45, 2.75) is 13.0 Å². The summed E-state index contributed by atoms with van der Waals surface area (Å²) in [7, 11) is 0. The van der Waals surface area contributed by atoms with E-state index in [-0.39, 0.29) is 0 Å². The Bertz CT molecular complexity index is 993. The number of aryl methyl sites for hydroxylation is 2. The van der Waals surface area contributed by atoms with Gasteiger partial charge in [-0.15, -0.1) is 0 Å². The van der Waals surface area contributed by atoms with Crippen LogP contribution in [0.1, 0.15) is 5.56 Å². The van der Waals surface area contributed by atoms with Crippen molar-refractivity contribution in [3.63, 3.8) is 0 Å². The summed E-state index contributed by atoms with van der Waals surface area (Å²) < 4.78 is 2.05. The van der Waals surface area contributed by atoms with Gasteiger partial charge in [-0.2, -0.15) is 0 Å². The fourth-order valence-electron chi connectivity index (χ4n) is 2.78. The summed E-state index contributed by atoms with van der Waals surface area (Å²) >= 11 is 0. The van der Waals surface area contributed by atoms with Crippen LogP contribution in [0, 0.1) is 0 Å². The van der Waals surface area contributed by atoms with E-state index in [1.807, 2.05) is 36.7 Å². The Balaban J connectivity index is 1.59. The number of anilines is 3.